The van der Waals surface area contributed by atoms with Gasteiger partial charge in [-0.1, -0.05) is 12.1 Å². The van der Waals surface area contributed by atoms with Gasteiger partial charge in [0.2, 0.25) is 0 Å². The maximum absolute atomic E-state index is 12.7. The van der Waals surface area contributed by atoms with Gasteiger partial charge in [-0.3, -0.25) is 9.79 Å². The number of amides is 1. The molecular weight excluding hydrogens is 344 g/mol. The maximum atomic E-state index is 12.7. The highest BCUT2D eigenvalue weighted by atomic mass is 32.2. The summed E-state index contributed by atoms with van der Waals surface area (Å²) in [5.41, 5.74) is 1.86. The second-order valence-corrected chi connectivity index (χ2v) is 8.81. The monoisotopic (exact) mass is 376 g/mol. The molecule has 1 heterocycles. The number of guanidine groups is 1. The topological polar surface area (TPSA) is 56.7 Å². The van der Waals surface area contributed by atoms with Crippen LogP contribution in [0.1, 0.15) is 49.0 Å². The molecule has 0 aliphatic carbocycles. The number of carbonyl (C=O) groups is 1. The summed E-state index contributed by atoms with van der Waals surface area (Å²) >= 11 is 1.83. The zero-order chi connectivity index (χ0) is 19.0. The molecule has 5 nitrogen and oxygen atoms in total. The van der Waals surface area contributed by atoms with Crippen LogP contribution in [0, 0.1) is 0 Å². The van der Waals surface area contributed by atoms with Crippen LogP contribution in [0.15, 0.2) is 29.3 Å². The molecule has 6 heteroatoms. The standard InChI is InChI=1S/C20H32N4OS/c1-20(2,26-4)15-23-19(21-3)22-14-16-9-8-10-17(13-16)18(25)24-11-6-5-7-12-24/h8-10,13H,5-7,11-12,14-15H2,1-4H3,(H2,21,22,23). The Hall–Kier alpha value is -1.69. The van der Waals surface area contributed by atoms with Crippen molar-refractivity contribution in [2.24, 2.45) is 4.99 Å². The van der Waals surface area contributed by atoms with E-state index < -0.39 is 0 Å². The number of carbonyl (C=O) groups excluding carboxylic acids is 1. The Morgan fingerprint density at radius 3 is 2.62 bits per heavy atom. The van der Waals surface area contributed by atoms with Gasteiger partial charge in [0.05, 0.1) is 0 Å². The molecule has 1 aliphatic heterocycles. The van der Waals surface area contributed by atoms with Gasteiger partial charge in [0.1, 0.15) is 0 Å². The van der Waals surface area contributed by atoms with Gasteiger partial charge in [0, 0.05) is 43.5 Å². The fraction of sp³-hybridized carbons (Fsp3) is 0.600. The first-order chi connectivity index (χ1) is 12.4. The van der Waals surface area contributed by atoms with Gasteiger partial charge in [-0.15, -0.1) is 0 Å². The number of nitrogens with one attached hydrogen (secondary N) is 2. The van der Waals surface area contributed by atoms with Crippen LogP contribution >= 0.6 is 11.8 Å². The van der Waals surface area contributed by atoms with E-state index in [1.807, 2.05) is 40.9 Å². The third-order valence-corrected chi connectivity index (χ3v) is 5.98. The number of piperidine rings is 1. The van der Waals surface area contributed by atoms with Crippen LogP contribution in [0.4, 0.5) is 0 Å². The van der Waals surface area contributed by atoms with Crippen LogP contribution in [0.2, 0.25) is 0 Å². The lowest BCUT2D eigenvalue weighted by Crippen LogP contribution is -2.43. The number of hydrogen-bond donors (Lipinski definition) is 2. The lowest BCUT2D eigenvalue weighted by molar-refractivity contribution is 0.0724. The molecule has 2 N–H and O–H groups in total. The first-order valence-electron chi connectivity index (χ1n) is 9.33. The van der Waals surface area contributed by atoms with Crippen molar-refractivity contribution in [1.29, 1.82) is 0 Å². The van der Waals surface area contributed by atoms with Crippen molar-refractivity contribution in [2.45, 2.75) is 44.4 Å². The van der Waals surface area contributed by atoms with E-state index in [9.17, 15) is 4.79 Å². The normalized spacial score (nSPS) is 15.7. The summed E-state index contributed by atoms with van der Waals surface area (Å²) in [4.78, 5) is 18.9. The Kier molecular flexibility index (Phi) is 7.82. The molecule has 0 spiro atoms. The Morgan fingerprint density at radius 1 is 1.23 bits per heavy atom. The van der Waals surface area contributed by atoms with Crippen LogP contribution in [0.5, 0.6) is 0 Å². The third kappa shape index (κ3) is 6.24. The van der Waals surface area contributed by atoms with Crippen molar-refractivity contribution in [3.8, 4) is 0 Å². The van der Waals surface area contributed by atoms with Crippen LogP contribution in [0.3, 0.4) is 0 Å². The van der Waals surface area contributed by atoms with Crippen LogP contribution in [-0.2, 0) is 6.54 Å². The van der Waals surface area contributed by atoms with E-state index in [0.717, 1.165) is 49.6 Å². The number of thioether (sulfide) groups is 1. The molecule has 0 aromatic heterocycles. The van der Waals surface area contributed by atoms with E-state index in [4.69, 9.17) is 0 Å². The van der Waals surface area contributed by atoms with Crippen molar-refractivity contribution in [2.75, 3.05) is 32.9 Å². The average Bonchev–Trinajstić information content (AvgIpc) is 2.68. The number of hydrogen-bond acceptors (Lipinski definition) is 3. The molecule has 0 unspecified atom stereocenters. The Morgan fingerprint density at radius 2 is 1.96 bits per heavy atom. The second kappa shape index (κ2) is 9.86. The fourth-order valence-electron chi connectivity index (χ4n) is 2.87. The largest absolute Gasteiger partial charge is 0.355 e. The molecule has 0 saturated carbocycles. The van der Waals surface area contributed by atoms with E-state index in [1.54, 1.807) is 7.05 Å². The Bertz CT molecular complexity index is 624. The molecular formula is C20H32N4OS. The van der Waals surface area contributed by atoms with Gasteiger partial charge < -0.3 is 15.5 Å². The van der Waals surface area contributed by atoms with E-state index in [-0.39, 0.29) is 10.7 Å². The van der Waals surface area contributed by atoms with Crippen molar-refractivity contribution in [3.05, 3.63) is 35.4 Å². The highest BCUT2D eigenvalue weighted by molar-refractivity contribution is 7.99. The highest BCUT2D eigenvalue weighted by Gasteiger charge is 2.18. The van der Waals surface area contributed by atoms with Gasteiger partial charge in [-0.2, -0.15) is 11.8 Å². The van der Waals surface area contributed by atoms with E-state index in [2.05, 4.69) is 35.7 Å². The summed E-state index contributed by atoms with van der Waals surface area (Å²) in [6.45, 7) is 7.63. The van der Waals surface area contributed by atoms with Gasteiger partial charge in [-0.25, -0.2) is 0 Å². The minimum atomic E-state index is 0.149. The number of aliphatic imine (C=N–C) groups is 1. The van der Waals surface area contributed by atoms with Crippen LogP contribution in [0.25, 0.3) is 0 Å². The Balaban J connectivity index is 1.92. The molecule has 26 heavy (non-hydrogen) atoms. The van der Waals surface area contributed by atoms with E-state index >= 15 is 0 Å². The molecule has 1 aliphatic rings. The van der Waals surface area contributed by atoms with Gasteiger partial charge >= 0.3 is 0 Å². The summed E-state index contributed by atoms with van der Waals surface area (Å²) in [7, 11) is 1.78. The van der Waals surface area contributed by atoms with Crippen molar-refractivity contribution in [3.63, 3.8) is 0 Å². The Labute approximate surface area is 162 Å². The first kappa shape index (κ1) is 20.6. The van der Waals surface area contributed by atoms with Crippen molar-refractivity contribution in [1.82, 2.24) is 15.5 Å². The fourth-order valence-corrected chi connectivity index (χ4v) is 3.09. The summed E-state index contributed by atoms with van der Waals surface area (Å²) in [6.07, 6.45) is 5.57. The van der Waals surface area contributed by atoms with Gasteiger partial charge in [0.15, 0.2) is 5.96 Å². The van der Waals surface area contributed by atoms with E-state index in [0.29, 0.717) is 6.54 Å². The van der Waals surface area contributed by atoms with Gasteiger partial charge in [-0.05, 0) is 57.1 Å². The summed E-state index contributed by atoms with van der Waals surface area (Å²) in [5.74, 6) is 0.927. The summed E-state index contributed by atoms with van der Waals surface area (Å²) in [6, 6.07) is 7.90. The summed E-state index contributed by atoms with van der Waals surface area (Å²) in [5, 5.41) is 6.70. The predicted octanol–water partition coefficient (Wildman–Crippen LogP) is 3.12. The molecule has 1 aromatic carbocycles. The quantitative estimate of drug-likeness (QED) is 0.592. The molecule has 0 radical (unpaired) electrons. The SMILES string of the molecule is CN=C(NCc1cccc(C(=O)N2CCCCC2)c1)NCC(C)(C)SC. The first-order valence-corrected chi connectivity index (χ1v) is 10.6. The van der Waals surface area contributed by atoms with Crippen molar-refractivity contribution >= 4 is 23.6 Å². The van der Waals surface area contributed by atoms with Crippen LogP contribution < -0.4 is 10.6 Å². The lowest BCUT2D eigenvalue weighted by Gasteiger charge is -2.27. The number of benzene rings is 1. The minimum Gasteiger partial charge on any atom is -0.355 e. The molecule has 144 valence electrons. The zero-order valence-corrected chi connectivity index (χ0v) is 17.3. The third-order valence-electron chi connectivity index (χ3n) is 4.73. The molecule has 1 amide bonds. The highest BCUT2D eigenvalue weighted by Crippen LogP contribution is 2.19. The van der Waals surface area contributed by atoms with Crippen LogP contribution in [-0.4, -0.2) is 54.5 Å². The molecule has 1 saturated heterocycles. The van der Waals surface area contributed by atoms with E-state index in [1.165, 1.54) is 6.42 Å². The molecule has 0 atom stereocenters. The number of rotatable bonds is 6. The maximum Gasteiger partial charge on any atom is 0.253 e. The molecule has 1 aromatic rings. The lowest BCUT2D eigenvalue weighted by atomic mass is 10.1. The predicted molar refractivity (Wildman–Crippen MR) is 112 cm³/mol. The van der Waals surface area contributed by atoms with Gasteiger partial charge in [0.25, 0.3) is 5.91 Å². The zero-order valence-electron chi connectivity index (χ0n) is 16.5. The smallest absolute Gasteiger partial charge is 0.253 e. The average molecular weight is 377 g/mol. The minimum absolute atomic E-state index is 0.149. The number of likely N-dealkylation sites (tertiary alicyclic amines) is 1. The molecule has 2 rings (SSSR count). The van der Waals surface area contributed by atoms with Crippen molar-refractivity contribution < 1.29 is 4.79 Å². The molecule has 1 fully saturated rings. The number of nitrogens with zero attached hydrogens (tertiary/aromatic N) is 2. The summed E-state index contributed by atoms with van der Waals surface area (Å²) < 4.78 is 0.151. The molecule has 0 bridgehead atoms. The second-order valence-electron chi connectivity index (χ2n) is 7.30.